The maximum absolute atomic E-state index is 11.9. The van der Waals surface area contributed by atoms with E-state index in [1.165, 1.54) is 10.9 Å². The Morgan fingerprint density at radius 1 is 1.45 bits per heavy atom. The van der Waals surface area contributed by atoms with Gasteiger partial charge in [-0.25, -0.2) is 4.68 Å². The number of amides is 1. The monoisotopic (exact) mass is 300 g/mol. The minimum absolute atomic E-state index is 0.0376. The summed E-state index contributed by atoms with van der Waals surface area (Å²) in [6.07, 6.45) is 2.26. The fraction of sp³-hybridized carbons (Fsp3) is 0.615. The summed E-state index contributed by atoms with van der Waals surface area (Å²) >= 11 is 5.98. The lowest BCUT2D eigenvalue weighted by molar-refractivity contribution is -0.120. The van der Waals surface area contributed by atoms with Gasteiger partial charge in [0.15, 0.2) is 0 Å². The minimum atomic E-state index is -0.352. The van der Waals surface area contributed by atoms with E-state index < -0.39 is 0 Å². The van der Waals surface area contributed by atoms with Gasteiger partial charge in [-0.1, -0.05) is 18.5 Å². The molecule has 6 nitrogen and oxygen atoms in total. The van der Waals surface area contributed by atoms with Crippen LogP contribution in [0.5, 0.6) is 0 Å². The molecule has 0 aliphatic rings. The van der Waals surface area contributed by atoms with Crippen molar-refractivity contribution < 1.29 is 4.79 Å². The molecule has 0 unspecified atom stereocenters. The summed E-state index contributed by atoms with van der Waals surface area (Å²) in [4.78, 5) is 23.6. The highest BCUT2D eigenvalue weighted by Gasteiger charge is 2.14. The molecule has 0 atom stereocenters. The molecule has 7 heteroatoms. The van der Waals surface area contributed by atoms with Crippen LogP contribution in [-0.2, 0) is 11.3 Å². The van der Waals surface area contributed by atoms with Crippen molar-refractivity contribution in [3.8, 4) is 0 Å². The SMILES string of the molecule is CCCn1ncc(NCC(=O)NC(C)(C)C)c(Cl)c1=O. The van der Waals surface area contributed by atoms with Crippen LogP contribution in [-0.4, -0.2) is 27.8 Å². The second kappa shape index (κ2) is 6.74. The molecule has 1 rings (SSSR count). The second-order valence-electron chi connectivity index (χ2n) is 5.55. The van der Waals surface area contributed by atoms with Gasteiger partial charge in [-0.3, -0.25) is 9.59 Å². The summed E-state index contributed by atoms with van der Waals surface area (Å²) in [6, 6.07) is 0. The summed E-state index contributed by atoms with van der Waals surface area (Å²) in [5.74, 6) is -0.175. The molecular formula is C13H21ClN4O2. The van der Waals surface area contributed by atoms with E-state index in [-0.39, 0.29) is 28.6 Å². The lowest BCUT2D eigenvalue weighted by Crippen LogP contribution is -2.43. The fourth-order valence-corrected chi connectivity index (χ4v) is 1.81. The van der Waals surface area contributed by atoms with Gasteiger partial charge in [-0.15, -0.1) is 0 Å². The van der Waals surface area contributed by atoms with Crippen molar-refractivity contribution in [1.29, 1.82) is 0 Å². The predicted octanol–water partition coefficient (Wildman–Crippen LogP) is 1.63. The Kier molecular flexibility index (Phi) is 5.56. The van der Waals surface area contributed by atoms with Crippen molar-refractivity contribution in [2.75, 3.05) is 11.9 Å². The van der Waals surface area contributed by atoms with Crippen molar-refractivity contribution in [1.82, 2.24) is 15.1 Å². The molecule has 1 aromatic heterocycles. The normalized spacial score (nSPS) is 11.2. The summed E-state index contributed by atoms with van der Waals surface area (Å²) in [5, 5.41) is 9.69. The Morgan fingerprint density at radius 2 is 2.10 bits per heavy atom. The van der Waals surface area contributed by atoms with Gasteiger partial charge in [0.25, 0.3) is 5.56 Å². The van der Waals surface area contributed by atoms with E-state index in [1.54, 1.807) is 0 Å². The number of rotatable bonds is 5. The molecule has 0 aliphatic carbocycles. The van der Waals surface area contributed by atoms with Crippen LogP contribution in [0.25, 0.3) is 0 Å². The molecule has 2 N–H and O–H groups in total. The third-order valence-electron chi connectivity index (χ3n) is 2.37. The zero-order valence-corrected chi connectivity index (χ0v) is 13.0. The molecule has 0 fully saturated rings. The van der Waals surface area contributed by atoms with E-state index in [4.69, 9.17) is 11.6 Å². The molecule has 0 aliphatic heterocycles. The van der Waals surface area contributed by atoms with Gasteiger partial charge in [-0.05, 0) is 27.2 Å². The smallest absolute Gasteiger partial charge is 0.287 e. The minimum Gasteiger partial charge on any atom is -0.373 e. The first-order chi connectivity index (χ1) is 9.24. The Hall–Kier alpha value is -1.56. The number of aryl methyl sites for hydroxylation is 1. The van der Waals surface area contributed by atoms with Crippen LogP contribution in [0.3, 0.4) is 0 Å². The zero-order chi connectivity index (χ0) is 15.3. The third-order valence-corrected chi connectivity index (χ3v) is 2.74. The number of nitrogens with zero attached hydrogens (tertiary/aromatic N) is 2. The highest BCUT2D eigenvalue weighted by molar-refractivity contribution is 6.33. The first-order valence-corrected chi connectivity index (χ1v) is 6.93. The zero-order valence-electron chi connectivity index (χ0n) is 12.3. The lowest BCUT2D eigenvalue weighted by Gasteiger charge is -2.20. The Bertz CT molecular complexity index is 534. The van der Waals surface area contributed by atoms with Gasteiger partial charge in [0.1, 0.15) is 5.02 Å². The molecule has 1 aromatic rings. The molecule has 0 spiro atoms. The summed E-state index contributed by atoms with van der Waals surface area (Å²) in [7, 11) is 0. The number of carbonyl (C=O) groups excluding carboxylic acids is 1. The molecule has 20 heavy (non-hydrogen) atoms. The quantitative estimate of drug-likeness (QED) is 0.866. The molecule has 0 saturated heterocycles. The van der Waals surface area contributed by atoms with Crippen molar-refractivity contribution >= 4 is 23.2 Å². The Labute approximate surface area is 123 Å². The van der Waals surface area contributed by atoms with Gasteiger partial charge in [0, 0.05) is 12.1 Å². The number of hydrogen-bond acceptors (Lipinski definition) is 4. The highest BCUT2D eigenvalue weighted by atomic mass is 35.5. The van der Waals surface area contributed by atoms with Crippen molar-refractivity contribution in [3.63, 3.8) is 0 Å². The van der Waals surface area contributed by atoms with Crippen LogP contribution >= 0.6 is 11.6 Å². The van der Waals surface area contributed by atoms with Gasteiger partial charge in [0.2, 0.25) is 5.91 Å². The number of aromatic nitrogens is 2. The predicted molar refractivity (Wildman–Crippen MR) is 80.2 cm³/mol. The van der Waals surface area contributed by atoms with E-state index >= 15 is 0 Å². The maximum Gasteiger partial charge on any atom is 0.287 e. The number of halogens is 1. The van der Waals surface area contributed by atoms with Crippen molar-refractivity contribution in [2.45, 2.75) is 46.2 Å². The van der Waals surface area contributed by atoms with Crippen LogP contribution < -0.4 is 16.2 Å². The van der Waals surface area contributed by atoms with E-state index in [2.05, 4.69) is 15.7 Å². The summed E-state index contributed by atoms with van der Waals surface area (Å²) in [6.45, 7) is 8.19. The fourth-order valence-electron chi connectivity index (χ4n) is 1.60. The van der Waals surface area contributed by atoms with Gasteiger partial charge >= 0.3 is 0 Å². The molecular weight excluding hydrogens is 280 g/mol. The molecule has 0 radical (unpaired) electrons. The average molecular weight is 301 g/mol. The molecule has 0 bridgehead atoms. The van der Waals surface area contributed by atoms with E-state index in [0.29, 0.717) is 12.2 Å². The number of carbonyl (C=O) groups is 1. The van der Waals surface area contributed by atoms with E-state index in [9.17, 15) is 9.59 Å². The van der Waals surface area contributed by atoms with Gasteiger partial charge in [0.05, 0.1) is 18.4 Å². The van der Waals surface area contributed by atoms with Crippen LogP contribution in [0.15, 0.2) is 11.0 Å². The standard InChI is InChI=1S/C13H21ClN4O2/c1-5-6-18-12(20)11(14)9(7-16-18)15-8-10(19)17-13(2,3)4/h7,15H,5-6,8H2,1-4H3,(H,17,19). The molecule has 1 heterocycles. The maximum atomic E-state index is 11.9. The second-order valence-corrected chi connectivity index (χ2v) is 5.93. The average Bonchev–Trinajstić information content (AvgIpc) is 2.32. The van der Waals surface area contributed by atoms with Gasteiger partial charge < -0.3 is 10.6 Å². The number of nitrogens with one attached hydrogen (secondary N) is 2. The van der Waals surface area contributed by atoms with E-state index in [0.717, 1.165) is 6.42 Å². The number of anilines is 1. The third kappa shape index (κ3) is 4.85. The molecule has 0 aromatic carbocycles. The highest BCUT2D eigenvalue weighted by Crippen LogP contribution is 2.14. The lowest BCUT2D eigenvalue weighted by atomic mass is 10.1. The first-order valence-electron chi connectivity index (χ1n) is 6.55. The molecule has 112 valence electrons. The Morgan fingerprint density at radius 3 is 2.65 bits per heavy atom. The van der Waals surface area contributed by atoms with E-state index in [1.807, 2.05) is 27.7 Å². The molecule has 0 saturated carbocycles. The van der Waals surface area contributed by atoms with Crippen LogP contribution in [0.1, 0.15) is 34.1 Å². The summed E-state index contributed by atoms with van der Waals surface area (Å²) < 4.78 is 1.31. The van der Waals surface area contributed by atoms with Crippen LogP contribution in [0.2, 0.25) is 5.02 Å². The molecule has 1 amide bonds. The van der Waals surface area contributed by atoms with Crippen molar-refractivity contribution in [3.05, 3.63) is 21.6 Å². The van der Waals surface area contributed by atoms with Crippen molar-refractivity contribution in [2.24, 2.45) is 0 Å². The summed E-state index contributed by atoms with van der Waals surface area (Å²) in [5.41, 5.74) is -0.284. The topological polar surface area (TPSA) is 76.0 Å². The van der Waals surface area contributed by atoms with Crippen LogP contribution in [0.4, 0.5) is 5.69 Å². The Balaban J connectivity index is 2.73. The van der Waals surface area contributed by atoms with Crippen LogP contribution in [0, 0.1) is 0 Å². The largest absolute Gasteiger partial charge is 0.373 e. The number of hydrogen-bond donors (Lipinski definition) is 2. The van der Waals surface area contributed by atoms with Gasteiger partial charge in [-0.2, -0.15) is 5.10 Å². The first kappa shape index (κ1) is 16.5.